The Morgan fingerprint density at radius 1 is 0.425 bits per heavy atom. The molecular formula is C45H57N7O21. The number of aliphatic hydroxyl groups excluding tert-OH is 12. The Hall–Kier alpha value is -6.16. The maximum Gasteiger partial charge on any atom is 0.254 e. The van der Waals surface area contributed by atoms with Crippen molar-refractivity contribution in [1.82, 2.24) is 21.2 Å². The number of rotatable bonds is 21. The molecule has 3 saturated heterocycles. The average molecular weight is 1030 g/mol. The van der Waals surface area contributed by atoms with E-state index < -0.39 is 149 Å². The van der Waals surface area contributed by atoms with Gasteiger partial charge in [-0.15, -0.1) is 0 Å². The number of amides is 3. The first-order chi connectivity index (χ1) is 35.0. The molecule has 15 N–H and O–H groups in total. The summed E-state index contributed by atoms with van der Waals surface area (Å²) in [6.07, 6.45) is -18.4. The molecule has 0 aliphatic carbocycles. The molecule has 0 spiro atoms. The smallest absolute Gasteiger partial charge is 0.254 e. The van der Waals surface area contributed by atoms with Crippen LogP contribution in [0.15, 0.2) is 88.1 Å². The molecule has 15 atom stereocenters. The van der Waals surface area contributed by atoms with Gasteiger partial charge in [-0.3, -0.25) is 19.3 Å². The fourth-order valence-electron chi connectivity index (χ4n) is 7.21. The molecule has 28 heteroatoms. The Balaban J connectivity index is 1.03. The van der Waals surface area contributed by atoms with Crippen LogP contribution in [0.4, 0.5) is 0 Å². The fraction of sp³-hybridized carbons (Fsp3) is 0.467. The quantitative estimate of drug-likeness (QED) is 0.0348. The molecule has 3 fully saturated rings. The Morgan fingerprint density at radius 3 is 0.904 bits per heavy atom. The van der Waals surface area contributed by atoms with Crippen molar-refractivity contribution in [3.05, 3.63) is 89.5 Å². The third kappa shape index (κ3) is 15.4. The van der Waals surface area contributed by atoms with Crippen LogP contribution in [0.3, 0.4) is 0 Å². The van der Waals surface area contributed by atoms with Gasteiger partial charge in [-0.25, -0.2) is 16.3 Å². The standard InChI is InChI=1S/C45H57N7O21/c53-19-28-34(59)37(62)40(65)43(71-28)68-25-7-1-22(2-8-25)13-46-49-31(56)16-52(17-32(57)50-47-14-23-3-9-26(10-4-23)69-44-41(66)38(63)35(60)29(20-54)72-44)18-33(58)51-48-15-24-5-11-27(12-6-24)70-45-42(67)39(64)36(61)30(21-55)73-45/h1-15,28-30,34-45,53-55,59-67H,16-21H2,(H,49,56)(H,50,57)(H,51,58)/b46-13-,47-14-,48-15+/t28-,29-,30-,34-,35-,36-,37+,38+,39+,40+,41+,42+,43+,44+,45+/m1/s1. The third-order valence-electron chi connectivity index (χ3n) is 11.3. The van der Waals surface area contributed by atoms with E-state index in [9.17, 15) is 75.7 Å². The van der Waals surface area contributed by atoms with Gasteiger partial charge >= 0.3 is 0 Å². The van der Waals surface area contributed by atoms with Crippen LogP contribution in [-0.4, -0.2) is 234 Å². The highest BCUT2D eigenvalue weighted by molar-refractivity contribution is 5.87. The summed E-state index contributed by atoms with van der Waals surface area (Å²) >= 11 is 0. The zero-order chi connectivity index (χ0) is 52.8. The summed E-state index contributed by atoms with van der Waals surface area (Å²) in [5.74, 6) is -1.69. The van der Waals surface area contributed by atoms with Crippen molar-refractivity contribution in [3.8, 4) is 17.2 Å². The Labute approximate surface area is 414 Å². The summed E-state index contributed by atoms with van der Waals surface area (Å²) in [6.45, 7) is -3.53. The second kappa shape index (κ2) is 26.7. The molecule has 3 aromatic carbocycles. The fourth-order valence-corrected chi connectivity index (χ4v) is 7.21. The van der Waals surface area contributed by atoms with Crippen molar-refractivity contribution in [3.63, 3.8) is 0 Å². The molecular weight excluding hydrogens is 975 g/mol. The third-order valence-corrected chi connectivity index (χ3v) is 11.3. The molecule has 0 radical (unpaired) electrons. The minimum absolute atomic E-state index is 0.182. The lowest BCUT2D eigenvalue weighted by Gasteiger charge is -2.39. The minimum Gasteiger partial charge on any atom is -0.462 e. The van der Waals surface area contributed by atoms with Crippen molar-refractivity contribution in [2.24, 2.45) is 15.3 Å². The summed E-state index contributed by atoms with van der Waals surface area (Å²) in [4.78, 5) is 40.3. The zero-order valence-electron chi connectivity index (χ0n) is 38.4. The number of carbonyl (C=O) groups excluding carboxylic acids is 3. The van der Waals surface area contributed by atoms with Crippen LogP contribution in [-0.2, 0) is 28.6 Å². The summed E-state index contributed by atoms with van der Waals surface area (Å²) in [6, 6.07) is 17.9. The number of carbonyl (C=O) groups is 3. The van der Waals surface area contributed by atoms with E-state index in [1.165, 1.54) is 91.4 Å². The monoisotopic (exact) mass is 1030 g/mol. The van der Waals surface area contributed by atoms with Crippen molar-refractivity contribution < 1.29 is 104 Å². The molecule has 6 rings (SSSR count). The number of nitrogens with zero attached hydrogens (tertiary/aromatic N) is 4. The first kappa shape index (κ1) is 56.1. The van der Waals surface area contributed by atoms with Crippen LogP contribution in [0, 0.1) is 0 Å². The summed E-state index contributed by atoms with van der Waals surface area (Å²) in [5.41, 5.74) is 8.28. The van der Waals surface area contributed by atoms with E-state index in [1.807, 2.05) is 0 Å². The molecule has 0 bridgehead atoms. The molecule has 398 valence electrons. The van der Waals surface area contributed by atoms with Gasteiger partial charge in [0.2, 0.25) is 18.9 Å². The number of ether oxygens (including phenoxy) is 6. The van der Waals surface area contributed by atoms with Crippen LogP contribution < -0.4 is 30.5 Å². The summed E-state index contributed by atoms with van der Waals surface area (Å²) in [5, 5.41) is 131. The highest BCUT2D eigenvalue weighted by Crippen LogP contribution is 2.27. The van der Waals surface area contributed by atoms with Crippen LogP contribution in [0.1, 0.15) is 16.7 Å². The molecule has 3 aliphatic heterocycles. The Bertz CT molecular complexity index is 2070. The number of benzene rings is 3. The van der Waals surface area contributed by atoms with E-state index in [2.05, 4.69) is 31.6 Å². The molecule has 3 heterocycles. The predicted octanol–water partition coefficient (Wildman–Crippen LogP) is -6.72. The molecule has 0 saturated carbocycles. The first-order valence-electron chi connectivity index (χ1n) is 22.4. The van der Waals surface area contributed by atoms with Gasteiger partial charge < -0.3 is 89.7 Å². The van der Waals surface area contributed by atoms with E-state index in [-0.39, 0.29) is 17.2 Å². The minimum atomic E-state index is -1.64. The summed E-state index contributed by atoms with van der Waals surface area (Å²) in [7, 11) is 0. The van der Waals surface area contributed by atoms with Gasteiger partial charge in [-0.2, -0.15) is 15.3 Å². The molecule has 3 amide bonds. The van der Waals surface area contributed by atoms with Gasteiger partial charge in [-0.1, -0.05) is 0 Å². The van der Waals surface area contributed by atoms with E-state index in [1.54, 1.807) is 0 Å². The van der Waals surface area contributed by atoms with Crippen molar-refractivity contribution in [1.29, 1.82) is 0 Å². The Kier molecular flexibility index (Phi) is 20.5. The van der Waals surface area contributed by atoms with Crippen LogP contribution in [0.25, 0.3) is 0 Å². The zero-order valence-corrected chi connectivity index (χ0v) is 38.4. The highest BCUT2D eigenvalue weighted by atomic mass is 16.7. The SMILES string of the molecule is O=C(CN(CC(=O)N/N=C\c1ccc(O[C@H]2O[C@H](CO)[C@@H](O)[C@H](O)[C@@H]2O)cc1)CC(=O)N/N=C/c1ccc(O[C@H]2O[C@H](CO)[C@@H](O)[C@H](O)[C@@H]2O)cc1)N/N=C\c1ccc(O[C@H]2O[C@H](CO)[C@@H](O)[C@H](O)[C@@H]2O)cc1. The summed E-state index contributed by atoms with van der Waals surface area (Å²) < 4.78 is 32.8. The first-order valence-corrected chi connectivity index (χ1v) is 22.4. The van der Waals surface area contributed by atoms with E-state index >= 15 is 0 Å². The normalized spacial score (nSPS) is 30.6. The van der Waals surface area contributed by atoms with E-state index in [0.717, 1.165) is 4.90 Å². The molecule has 3 aliphatic rings. The number of hydrazone groups is 3. The number of hydrogen-bond acceptors (Lipinski definition) is 25. The van der Waals surface area contributed by atoms with E-state index in [4.69, 9.17) is 28.4 Å². The second-order valence-corrected chi connectivity index (χ2v) is 16.7. The van der Waals surface area contributed by atoms with Crippen LogP contribution >= 0.6 is 0 Å². The second-order valence-electron chi connectivity index (χ2n) is 16.7. The Morgan fingerprint density at radius 2 is 0.671 bits per heavy atom. The van der Waals surface area contributed by atoms with Gasteiger partial charge in [0.25, 0.3) is 17.7 Å². The largest absolute Gasteiger partial charge is 0.462 e. The molecule has 0 aromatic heterocycles. The maximum absolute atomic E-state index is 13.0. The molecule has 3 aromatic rings. The average Bonchev–Trinajstić information content (AvgIpc) is 3.38. The van der Waals surface area contributed by atoms with Crippen molar-refractivity contribution in [2.75, 3.05) is 39.5 Å². The number of hydrogen-bond donors (Lipinski definition) is 15. The van der Waals surface area contributed by atoms with Gasteiger partial charge in [0.05, 0.1) is 58.1 Å². The molecule has 28 nitrogen and oxygen atoms in total. The molecule has 0 unspecified atom stereocenters. The van der Waals surface area contributed by atoms with E-state index in [0.29, 0.717) is 16.7 Å². The maximum atomic E-state index is 13.0. The molecule has 73 heavy (non-hydrogen) atoms. The predicted molar refractivity (Wildman–Crippen MR) is 246 cm³/mol. The van der Waals surface area contributed by atoms with Gasteiger partial charge in [0.1, 0.15) is 90.5 Å². The van der Waals surface area contributed by atoms with Crippen LogP contribution in [0.2, 0.25) is 0 Å². The van der Waals surface area contributed by atoms with Gasteiger partial charge in [0, 0.05) is 0 Å². The van der Waals surface area contributed by atoms with Gasteiger partial charge in [-0.05, 0) is 89.5 Å². The topological polar surface area (TPSA) is 426 Å². The van der Waals surface area contributed by atoms with Gasteiger partial charge in [0.15, 0.2) is 0 Å². The lowest BCUT2D eigenvalue weighted by Crippen LogP contribution is -2.60. The number of aliphatic hydroxyl groups is 12. The number of nitrogens with one attached hydrogen (secondary N) is 3. The van der Waals surface area contributed by atoms with Crippen LogP contribution in [0.5, 0.6) is 17.2 Å². The lowest BCUT2D eigenvalue weighted by atomic mass is 9.99. The van der Waals surface area contributed by atoms with Crippen molar-refractivity contribution in [2.45, 2.75) is 92.1 Å². The highest BCUT2D eigenvalue weighted by Gasteiger charge is 2.47. The van der Waals surface area contributed by atoms with Crippen molar-refractivity contribution >= 4 is 36.4 Å². The lowest BCUT2D eigenvalue weighted by molar-refractivity contribution is -0.277.